The molecular weight excluding hydrogens is 306 g/mol. The molecule has 6 nitrogen and oxygen atoms in total. The van der Waals surface area contributed by atoms with Gasteiger partial charge >= 0.3 is 5.97 Å². The minimum atomic E-state index is -0.131. The van der Waals surface area contributed by atoms with Gasteiger partial charge in [0.2, 0.25) is 5.91 Å². The zero-order chi connectivity index (χ0) is 16.9. The summed E-state index contributed by atoms with van der Waals surface area (Å²) in [4.78, 5) is 30.4. The largest absolute Gasteiger partial charge is 0.466 e. The Morgan fingerprint density at radius 1 is 1.29 bits per heavy atom. The van der Waals surface area contributed by atoms with Gasteiger partial charge in [-0.2, -0.15) is 0 Å². The Hall–Kier alpha value is -2.37. The third-order valence-corrected chi connectivity index (χ3v) is 4.55. The number of pyridine rings is 1. The van der Waals surface area contributed by atoms with Gasteiger partial charge in [-0.15, -0.1) is 0 Å². The summed E-state index contributed by atoms with van der Waals surface area (Å²) in [6.07, 6.45) is 6.23. The van der Waals surface area contributed by atoms with Crippen molar-refractivity contribution in [1.82, 2.24) is 14.3 Å². The van der Waals surface area contributed by atoms with Crippen LogP contribution in [0.3, 0.4) is 0 Å². The molecule has 2 aromatic heterocycles. The Labute approximate surface area is 141 Å². The molecule has 1 aliphatic heterocycles. The zero-order valence-electron chi connectivity index (χ0n) is 14.0. The van der Waals surface area contributed by atoms with Gasteiger partial charge < -0.3 is 14.0 Å². The molecule has 1 saturated heterocycles. The number of amides is 1. The van der Waals surface area contributed by atoms with E-state index in [-0.39, 0.29) is 17.8 Å². The van der Waals surface area contributed by atoms with Crippen LogP contribution in [0.2, 0.25) is 0 Å². The number of fused-ring (bicyclic) bond motifs is 1. The molecule has 0 atom stereocenters. The van der Waals surface area contributed by atoms with Crippen LogP contribution in [0.15, 0.2) is 30.6 Å². The van der Waals surface area contributed by atoms with Crippen LogP contribution < -0.4 is 0 Å². The predicted molar refractivity (Wildman–Crippen MR) is 89.5 cm³/mol. The molecule has 0 unspecified atom stereocenters. The second-order valence-electron chi connectivity index (χ2n) is 6.08. The van der Waals surface area contributed by atoms with E-state index in [9.17, 15) is 9.59 Å². The molecule has 3 rings (SSSR count). The van der Waals surface area contributed by atoms with Gasteiger partial charge in [-0.3, -0.25) is 9.59 Å². The number of carbonyl (C=O) groups is 2. The number of aromatic nitrogens is 2. The predicted octanol–water partition coefficient (Wildman–Crippen LogP) is 2.07. The molecule has 0 saturated carbocycles. The van der Waals surface area contributed by atoms with Gasteiger partial charge in [0.05, 0.1) is 24.2 Å². The van der Waals surface area contributed by atoms with Gasteiger partial charge in [-0.1, -0.05) is 6.07 Å². The molecule has 24 heavy (non-hydrogen) atoms. The van der Waals surface area contributed by atoms with Crippen molar-refractivity contribution in [3.05, 3.63) is 36.4 Å². The molecule has 0 spiro atoms. The van der Waals surface area contributed by atoms with Gasteiger partial charge in [-0.25, -0.2) is 4.98 Å². The minimum absolute atomic E-state index is 0.0646. The highest BCUT2D eigenvalue weighted by atomic mass is 16.5. The summed E-state index contributed by atoms with van der Waals surface area (Å²) in [5, 5.41) is 0. The molecule has 0 bridgehead atoms. The summed E-state index contributed by atoms with van der Waals surface area (Å²) in [5.74, 6) is 0.837. The number of rotatable bonds is 5. The fourth-order valence-electron chi connectivity index (χ4n) is 3.19. The quantitative estimate of drug-likeness (QED) is 0.788. The third-order valence-electron chi connectivity index (χ3n) is 4.55. The topological polar surface area (TPSA) is 63.9 Å². The summed E-state index contributed by atoms with van der Waals surface area (Å²) in [6.45, 7) is 3.49. The van der Waals surface area contributed by atoms with Crippen LogP contribution in [0.5, 0.6) is 0 Å². The maximum Gasteiger partial charge on any atom is 0.309 e. The van der Waals surface area contributed by atoms with Gasteiger partial charge in [0.15, 0.2) is 0 Å². The lowest BCUT2D eigenvalue weighted by atomic mass is 9.96. The maximum atomic E-state index is 12.4. The van der Waals surface area contributed by atoms with Crippen LogP contribution in [-0.2, 0) is 20.7 Å². The van der Waals surface area contributed by atoms with Crippen LogP contribution in [0.4, 0.5) is 0 Å². The highest BCUT2D eigenvalue weighted by molar-refractivity contribution is 5.77. The number of hydrogen-bond donors (Lipinski definition) is 0. The Kier molecular flexibility index (Phi) is 5.13. The average molecular weight is 329 g/mol. The summed E-state index contributed by atoms with van der Waals surface area (Å²) in [7, 11) is 0. The molecule has 1 aliphatic rings. The van der Waals surface area contributed by atoms with E-state index >= 15 is 0 Å². The number of ether oxygens (including phenoxy) is 1. The lowest BCUT2D eigenvalue weighted by Crippen LogP contribution is -2.40. The maximum absolute atomic E-state index is 12.4. The number of piperidine rings is 1. The molecule has 0 aromatic carbocycles. The normalized spacial score (nSPS) is 15.6. The first-order valence-corrected chi connectivity index (χ1v) is 8.54. The van der Waals surface area contributed by atoms with Crippen molar-refractivity contribution >= 4 is 17.4 Å². The monoisotopic (exact) mass is 329 g/mol. The molecule has 1 fully saturated rings. The lowest BCUT2D eigenvalue weighted by Gasteiger charge is -2.30. The lowest BCUT2D eigenvalue weighted by molar-refractivity contribution is -0.151. The van der Waals surface area contributed by atoms with E-state index in [1.54, 1.807) is 0 Å². The first-order valence-electron chi connectivity index (χ1n) is 8.54. The number of nitrogens with zero attached hydrogens (tertiary/aromatic N) is 3. The molecule has 128 valence electrons. The second-order valence-corrected chi connectivity index (χ2v) is 6.08. The van der Waals surface area contributed by atoms with Gasteiger partial charge in [0.1, 0.15) is 5.82 Å². The van der Waals surface area contributed by atoms with Gasteiger partial charge in [0.25, 0.3) is 0 Å². The smallest absolute Gasteiger partial charge is 0.309 e. The van der Waals surface area contributed by atoms with Gasteiger partial charge in [-0.05, 0) is 31.9 Å². The Balaban J connectivity index is 1.50. The van der Waals surface area contributed by atoms with E-state index in [0.717, 1.165) is 11.3 Å². The first kappa shape index (κ1) is 16.5. The molecule has 6 heteroatoms. The van der Waals surface area contributed by atoms with Crippen molar-refractivity contribution in [2.45, 2.75) is 32.6 Å². The Bertz CT molecular complexity index is 717. The number of likely N-dealkylation sites (tertiary alicyclic amines) is 1. The van der Waals surface area contributed by atoms with Gasteiger partial charge in [0, 0.05) is 32.1 Å². The highest BCUT2D eigenvalue weighted by Crippen LogP contribution is 2.19. The van der Waals surface area contributed by atoms with Crippen molar-refractivity contribution in [1.29, 1.82) is 0 Å². The second kappa shape index (κ2) is 7.47. The van der Waals surface area contributed by atoms with E-state index < -0.39 is 0 Å². The summed E-state index contributed by atoms with van der Waals surface area (Å²) < 4.78 is 7.08. The van der Waals surface area contributed by atoms with Crippen LogP contribution in [0.25, 0.3) is 5.52 Å². The average Bonchev–Trinajstić information content (AvgIpc) is 3.03. The summed E-state index contributed by atoms with van der Waals surface area (Å²) >= 11 is 0. The van der Waals surface area contributed by atoms with Crippen molar-refractivity contribution in [3.63, 3.8) is 0 Å². The van der Waals surface area contributed by atoms with Crippen LogP contribution >= 0.6 is 0 Å². The standard InChI is InChI=1S/C18H23N3O3/c1-2-24-18(23)14-8-11-20(12-9-14)17(22)7-6-16-19-13-15-5-3-4-10-21(15)16/h3-5,10,13-14H,2,6-9,11-12H2,1H3. The first-order chi connectivity index (χ1) is 11.7. The molecule has 3 heterocycles. The molecule has 0 radical (unpaired) electrons. The van der Waals surface area contributed by atoms with Crippen LogP contribution in [0, 0.1) is 5.92 Å². The summed E-state index contributed by atoms with van der Waals surface area (Å²) in [6, 6.07) is 5.93. The van der Waals surface area contributed by atoms with Crippen molar-refractivity contribution < 1.29 is 14.3 Å². The van der Waals surface area contributed by atoms with Crippen molar-refractivity contribution in [2.24, 2.45) is 5.92 Å². The third kappa shape index (κ3) is 3.58. The Morgan fingerprint density at radius 2 is 2.08 bits per heavy atom. The highest BCUT2D eigenvalue weighted by Gasteiger charge is 2.28. The van der Waals surface area contributed by atoms with E-state index in [2.05, 4.69) is 4.98 Å². The van der Waals surface area contributed by atoms with Crippen molar-refractivity contribution in [3.8, 4) is 0 Å². The fourth-order valence-corrected chi connectivity index (χ4v) is 3.19. The van der Waals surface area contributed by atoms with Crippen LogP contribution in [-0.4, -0.2) is 45.9 Å². The van der Waals surface area contributed by atoms with Crippen molar-refractivity contribution in [2.75, 3.05) is 19.7 Å². The molecule has 2 aromatic rings. The SMILES string of the molecule is CCOC(=O)C1CCN(C(=O)CCc2ncc3ccccn23)CC1. The number of imidazole rings is 1. The number of hydrogen-bond acceptors (Lipinski definition) is 4. The number of esters is 1. The van der Waals surface area contributed by atoms with Crippen LogP contribution in [0.1, 0.15) is 32.0 Å². The number of aryl methyl sites for hydroxylation is 1. The molecule has 0 N–H and O–H groups in total. The number of carbonyl (C=O) groups excluding carboxylic acids is 2. The zero-order valence-corrected chi connectivity index (χ0v) is 14.0. The summed E-state index contributed by atoms with van der Waals surface area (Å²) in [5.41, 5.74) is 1.04. The van der Waals surface area contributed by atoms with E-state index in [1.165, 1.54) is 0 Å². The van der Waals surface area contributed by atoms with E-state index in [1.807, 2.05) is 46.8 Å². The molecular formula is C18H23N3O3. The fraction of sp³-hybridized carbons (Fsp3) is 0.500. The molecule has 1 amide bonds. The molecule has 0 aliphatic carbocycles. The Morgan fingerprint density at radius 3 is 2.83 bits per heavy atom. The van der Waals surface area contributed by atoms with E-state index in [0.29, 0.717) is 45.4 Å². The van der Waals surface area contributed by atoms with E-state index in [4.69, 9.17) is 4.74 Å². The minimum Gasteiger partial charge on any atom is -0.466 e.